The van der Waals surface area contributed by atoms with Crippen LogP contribution in [0.3, 0.4) is 0 Å². The van der Waals surface area contributed by atoms with Crippen LogP contribution in [-0.2, 0) is 0 Å². The van der Waals surface area contributed by atoms with Crippen LogP contribution in [0.25, 0.3) is 0 Å². The third-order valence-corrected chi connectivity index (χ3v) is 3.53. The smallest absolute Gasteiger partial charge is 0.0503 e. The fraction of sp³-hybridized carbons (Fsp3) is 0.857. The Hall–Kier alpha value is -0.340. The summed E-state index contributed by atoms with van der Waals surface area (Å²) in [5.41, 5.74) is 2.87. The predicted molar refractivity (Wildman–Crippen MR) is 67.1 cm³/mol. The van der Waals surface area contributed by atoms with Gasteiger partial charge >= 0.3 is 0 Å². The second kappa shape index (κ2) is 4.15. The molecule has 0 saturated heterocycles. The van der Waals surface area contributed by atoms with E-state index >= 15 is 0 Å². The van der Waals surface area contributed by atoms with Gasteiger partial charge in [-0.25, -0.2) is 0 Å². The highest BCUT2D eigenvalue weighted by Crippen LogP contribution is 2.55. The Labute approximate surface area is 99.4 Å². The summed E-state index contributed by atoms with van der Waals surface area (Å²) >= 11 is 0. The normalized spacial score (nSPS) is 27.0. The number of hydrogen-bond donors (Lipinski definition) is 2. The van der Waals surface area contributed by atoms with Gasteiger partial charge in [-0.1, -0.05) is 52.7 Å². The summed E-state index contributed by atoms with van der Waals surface area (Å²) in [6.07, 6.45) is 0. The average molecular weight is 226 g/mol. The molecule has 0 bridgehead atoms. The Morgan fingerprint density at radius 1 is 0.750 bits per heavy atom. The van der Waals surface area contributed by atoms with Crippen LogP contribution in [0.4, 0.5) is 0 Å². The molecule has 94 valence electrons. The molecule has 0 aromatic heterocycles. The van der Waals surface area contributed by atoms with Gasteiger partial charge in [-0.05, 0) is 10.8 Å². The van der Waals surface area contributed by atoms with E-state index in [1.165, 1.54) is 11.1 Å². The lowest BCUT2D eigenvalue weighted by atomic mass is 9.54. The third kappa shape index (κ3) is 2.18. The third-order valence-electron chi connectivity index (χ3n) is 3.53. The molecule has 0 saturated carbocycles. The monoisotopic (exact) mass is 226 g/mol. The molecule has 16 heavy (non-hydrogen) atoms. The van der Waals surface area contributed by atoms with Gasteiger partial charge in [-0.2, -0.15) is 0 Å². The molecule has 0 radical (unpaired) electrons. The van der Waals surface area contributed by atoms with Crippen molar-refractivity contribution in [1.29, 1.82) is 0 Å². The van der Waals surface area contributed by atoms with Gasteiger partial charge < -0.3 is 10.2 Å². The minimum absolute atomic E-state index is 0.0850. The number of aliphatic hydroxyl groups is 2. The summed E-state index contributed by atoms with van der Waals surface area (Å²) in [5.74, 6) is 0.304. The average Bonchev–Trinajstić information content (AvgIpc) is 1.98. The Bertz CT molecular complexity index is 259. The lowest BCUT2D eigenvalue weighted by molar-refractivity contribution is 0.0969. The fourth-order valence-corrected chi connectivity index (χ4v) is 3.06. The standard InChI is InChI=1S/C14H26O2/c1-13(2,3)11-9(7-15)10(8-16)12(11)14(4,5)6/h9-10,15-16H,7-8H2,1-6H3. The van der Waals surface area contributed by atoms with E-state index in [0.717, 1.165) is 0 Å². The Kier molecular flexibility index (Phi) is 3.56. The molecule has 0 spiro atoms. The maximum Gasteiger partial charge on any atom is 0.0503 e. The zero-order valence-corrected chi connectivity index (χ0v) is 11.5. The van der Waals surface area contributed by atoms with Crippen molar-refractivity contribution in [3.05, 3.63) is 11.1 Å². The topological polar surface area (TPSA) is 40.5 Å². The van der Waals surface area contributed by atoms with Crippen LogP contribution in [0, 0.1) is 22.7 Å². The molecule has 0 amide bonds. The van der Waals surface area contributed by atoms with E-state index in [2.05, 4.69) is 41.5 Å². The van der Waals surface area contributed by atoms with Gasteiger partial charge in [0.15, 0.2) is 0 Å². The van der Waals surface area contributed by atoms with Crippen molar-refractivity contribution in [2.24, 2.45) is 22.7 Å². The first-order chi connectivity index (χ1) is 7.14. The van der Waals surface area contributed by atoms with Crippen molar-refractivity contribution in [2.45, 2.75) is 41.5 Å². The molecule has 0 aliphatic heterocycles. The molecule has 0 fully saturated rings. The molecular weight excluding hydrogens is 200 g/mol. The van der Waals surface area contributed by atoms with Crippen molar-refractivity contribution in [3.63, 3.8) is 0 Å². The van der Waals surface area contributed by atoms with Crippen LogP contribution in [-0.4, -0.2) is 23.4 Å². The molecule has 1 rings (SSSR count). The molecule has 0 aromatic carbocycles. The van der Waals surface area contributed by atoms with Crippen LogP contribution in [0.1, 0.15) is 41.5 Å². The predicted octanol–water partition coefficient (Wildman–Crippen LogP) is 2.61. The van der Waals surface area contributed by atoms with E-state index in [1.807, 2.05) is 0 Å². The summed E-state index contributed by atoms with van der Waals surface area (Å²) in [4.78, 5) is 0. The second-order valence-corrected chi connectivity index (χ2v) is 6.91. The van der Waals surface area contributed by atoms with Crippen molar-refractivity contribution in [3.8, 4) is 0 Å². The molecule has 2 nitrogen and oxygen atoms in total. The summed E-state index contributed by atoms with van der Waals surface area (Å²) in [5, 5.41) is 18.9. The Morgan fingerprint density at radius 3 is 1.12 bits per heavy atom. The van der Waals surface area contributed by atoms with Gasteiger partial charge in [-0.15, -0.1) is 0 Å². The zero-order chi connectivity index (χ0) is 12.7. The zero-order valence-electron chi connectivity index (χ0n) is 11.5. The molecule has 1 aliphatic rings. The molecule has 1 aliphatic carbocycles. The van der Waals surface area contributed by atoms with Crippen molar-refractivity contribution in [2.75, 3.05) is 13.2 Å². The first-order valence-corrected chi connectivity index (χ1v) is 6.11. The van der Waals surface area contributed by atoms with Crippen molar-refractivity contribution in [1.82, 2.24) is 0 Å². The highest BCUT2D eigenvalue weighted by Gasteiger charge is 2.47. The quantitative estimate of drug-likeness (QED) is 0.711. The molecule has 2 heteroatoms. The van der Waals surface area contributed by atoms with E-state index in [0.29, 0.717) is 0 Å². The molecule has 2 atom stereocenters. The molecule has 0 heterocycles. The number of aliphatic hydroxyl groups excluding tert-OH is 2. The number of rotatable bonds is 2. The summed E-state index contributed by atoms with van der Waals surface area (Å²) in [7, 11) is 0. The van der Waals surface area contributed by atoms with Gasteiger partial charge in [0, 0.05) is 11.8 Å². The number of hydrogen-bond acceptors (Lipinski definition) is 2. The van der Waals surface area contributed by atoms with E-state index in [9.17, 15) is 10.2 Å². The SMILES string of the molecule is CC(C)(C)C1=C(C(C)(C)C)C(CO)C1CO. The van der Waals surface area contributed by atoms with Gasteiger partial charge in [0.1, 0.15) is 0 Å². The lowest BCUT2D eigenvalue weighted by Gasteiger charge is -2.51. The Morgan fingerprint density at radius 2 is 1.00 bits per heavy atom. The summed E-state index contributed by atoms with van der Waals surface area (Å²) < 4.78 is 0. The van der Waals surface area contributed by atoms with Gasteiger partial charge in [0.05, 0.1) is 13.2 Å². The van der Waals surface area contributed by atoms with E-state index in [-0.39, 0.29) is 35.9 Å². The van der Waals surface area contributed by atoms with Gasteiger partial charge in [0.2, 0.25) is 0 Å². The van der Waals surface area contributed by atoms with Crippen molar-refractivity contribution < 1.29 is 10.2 Å². The van der Waals surface area contributed by atoms with Crippen LogP contribution < -0.4 is 0 Å². The highest BCUT2D eigenvalue weighted by atomic mass is 16.3. The maximum atomic E-state index is 9.46. The van der Waals surface area contributed by atoms with E-state index < -0.39 is 0 Å². The van der Waals surface area contributed by atoms with Crippen LogP contribution in [0.5, 0.6) is 0 Å². The minimum Gasteiger partial charge on any atom is -0.396 e. The molecule has 2 N–H and O–H groups in total. The van der Waals surface area contributed by atoms with Crippen LogP contribution in [0.15, 0.2) is 11.1 Å². The van der Waals surface area contributed by atoms with Gasteiger partial charge in [-0.3, -0.25) is 0 Å². The largest absolute Gasteiger partial charge is 0.396 e. The van der Waals surface area contributed by atoms with Gasteiger partial charge in [0.25, 0.3) is 0 Å². The van der Waals surface area contributed by atoms with E-state index in [1.54, 1.807) is 0 Å². The molecule has 2 unspecified atom stereocenters. The highest BCUT2D eigenvalue weighted by molar-refractivity contribution is 5.40. The first-order valence-electron chi connectivity index (χ1n) is 6.11. The Balaban J connectivity index is 3.22. The maximum absolute atomic E-state index is 9.46. The second-order valence-electron chi connectivity index (χ2n) is 6.91. The minimum atomic E-state index is 0.0850. The van der Waals surface area contributed by atoms with E-state index in [4.69, 9.17) is 0 Å². The lowest BCUT2D eigenvalue weighted by Crippen LogP contribution is -2.45. The molecule has 0 aromatic rings. The summed E-state index contributed by atoms with van der Waals surface area (Å²) in [6.45, 7) is 13.4. The van der Waals surface area contributed by atoms with Crippen LogP contribution in [0.2, 0.25) is 0 Å². The first kappa shape index (κ1) is 13.7. The van der Waals surface area contributed by atoms with Crippen LogP contribution >= 0.6 is 0 Å². The molecular formula is C14H26O2. The fourth-order valence-electron chi connectivity index (χ4n) is 3.06. The van der Waals surface area contributed by atoms with Crippen molar-refractivity contribution >= 4 is 0 Å². The summed E-state index contributed by atoms with van der Waals surface area (Å²) in [6, 6.07) is 0.